The molecule has 0 aliphatic carbocycles. The number of nitrogens with two attached hydrogens (primary N) is 1. The topological polar surface area (TPSA) is 55.1 Å². The minimum absolute atomic E-state index is 0.0957. The van der Waals surface area contributed by atoms with Gasteiger partial charge >= 0.3 is 0 Å². The monoisotopic (exact) mass is 282 g/mol. The fraction of sp³-hybridized carbons (Fsp3) is 0.278. The first-order valence-electron chi connectivity index (χ1n) is 7.29. The van der Waals surface area contributed by atoms with Crippen molar-refractivity contribution in [3.8, 4) is 0 Å². The van der Waals surface area contributed by atoms with Gasteiger partial charge in [0.15, 0.2) is 0 Å². The lowest BCUT2D eigenvalue weighted by molar-refractivity contribution is -0.122. The van der Waals surface area contributed by atoms with Gasteiger partial charge in [0.25, 0.3) is 0 Å². The van der Waals surface area contributed by atoms with E-state index in [0.717, 1.165) is 5.56 Å². The lowest BCUT2D eigenvalue weighted by Crippen LogP contribution is -2.43. The highest BCUT2D eigenvalue weighted by atomic mass is 16.2. The van der Waals surface area contributed by atoms with Crippen molar-refractivity contribution in [3.63, 3.8) is 0 Å². The number of amides is 1. The van der Waals surface area contributed by atoms with Gasteiger partial charge in [-0.05, 0) is 23.5 Å². The van der Waals surface area contributed by atoms with Crippen LogP contribution < -0.4 is 11.1 Å². The van der Waals surface area contributed by atoms with Crippen molar-refractivity contribution in [2.24, 2.45) is 5.73 Å². The van der Waals surface area contributed by atoms with Crippen LogP contribution in [-0.2, 0) is 11.2 Å². The molecule has 3 N–H and O–H groups in total. The lowest BCUT2D eigenvalue weighted by atomic mass is 10.0. The number of carbonyl (C=O) groups is 1. The Bertz CT molecular complexity index is 554. The number of hydrogen-bond acceptors (Lipinski definition) is 2. The first-order chi connectivity index (χ1) is 10.2. The highest BCUT2D eigenvalue weighted by Gasteiger charge is 2.15. The Morgan fingerprint density at radius 1 is 1.05 bits per heavy atom. The van der Waals surface area contributed by atoms with Crippen LogP contribution in [0.5, 0.6) is 0 Å². The van der Waals surface area contributed by atoms with Gasteiger partial charge in [-0.1, -0.05) is 67.6 Å². The molecule has 0 fully saturated rings. The predicted molar refractivity (Wildman–Crippen MR) is 86.0 cm³/mol. The van der Waals surface area contributed by atoms with Crippen molar-refractivity contribution in [2.75, 3.05) is 6.54 Å². The van der Waals surface area contributed by atoms with Gasteiger partial charge in [-0.15, -0.1) is 0 Å². The van der Waals surface area contributed by atoms with Crippen LogP contribution in [0.3, 0.4) is 0 Å². The van der Waals surface area contributed by atoms with Gasteiger partial charge in [0.05, 0.1) is 6.04 Å². The van der Waals surface area contributed by atoms with Crippen molar-refractivity contribution in [2.45, 2.75) is 25.3 Å². The summed E-state index contributed by atoms with van der Waals surface area (Å²) in [5.74, 6) is 0.181. The number of rotatable bonds is 6. The van der Waals surface area contributed by atoms with Gasteiger partial charge < -0.3 is 11.1 Å². The van der Waals surface area contributed by atoms with Crippen LogP contribution in [0.15, 0.2) is 60.7 Å². The number of benzene rings is 2. The molecule has 0 aliphatic rings. The van der Waals surface area contributed by atoms with Crippen LogP contribution in [-0.4, -0.2) is 18.5 Å². The Hall–Kier alpha value is -2.13. The molecule has 0 heterocycles. The van der Waals surface area contributed by atoms with E-state index in [1.54, 1.807) is 0 Å². The van der Waals surface area contributed by atoms with Crippen molar-refractivity contribution >= 4 is 5.91 Å². The molecule has 1 amide bonds. The molecule has 2 aromatic rings. The summed E-state index contributed by atoms with van der Waals surface area (Å²) >= 11 is 0. The van der Waals surface area contributed by atoms with Crippen LogP contribution in [0, 0.1) is 0 Å². The van der Waals surface area contributed by atoms with Crippen molar-refractivity contribution < 1.29 is 4.79 Å². The van der Waals surface area contributed by atoms with Gasteiger partial charge in [-0.3, -0.25) is 4.79 Å². The molecule has 0 saturated heterocycles. The number of nitrogens with one attached hydrogen (secondary N) is 1. The van der Waals surface area contributed by atoms with Gasteiger partial charge in [0.1, 0.15) is 0 Å². The molecular formula is C18H22N2O. The maximum atomic E-state index is 12.0. The molecule has 2 rings (SSSR count). The smallest absolute Gasteiger partial charge is 0.237 e. The molecule has 110 valence electrons. The van der Waals surface area contributed by atoms with Crippen LogP contribution >= 0.6 is 0 Å². The third kappa shape index (κ3) is 4.72. The SMILES string of the molecule is CC(CNC(=O)[C@H](N)Cc1ccccc1)c1ccccc1. The summed E-state index contributed by atoms with van der Waals surface area (Å²) in [5.41, 5.74) is 8.26. The molecule has 0 aromatic heterocycles. The largest absolute Gasteiger partial charge is 0.354 e. The van der Waals surface area contributed by atoms with E-state index < -0.39 is 6.04 Å². The quantitative estimate of drug-likeness (QED) is 0.855. The first-order valence-corrected chi connectivity index (χ1v) is 7.29. The molecule has 2 aromatic carbocycles. The molecule has 2 atom stereocenters. The Morgan fingerprint density at radius 3 is 2.24 bits per heavy atom. The summed E-state index contributed by atoms with van der Waals surface area (Å²) in [6.07, 6.45) is 0.562. The van der Waals surface area contributed by atoms with Crippen LogP contribution in [0.1, 0.15) is 24.0 Å². The Morgan fingerprint density at radius 2 is 1.62 bits per heavy atom. The second-order valence-corrected chi connectivity index (χ2v) is 5.35. The van der Waals surface area contributed by atoms with E-state index in [1.807, 2.05) is 48.5 Å². The van der Waals surface area contributed by atoms with E-state index in [-0.39, 0.29) is 11.8 Å². The number of carbonyl (C=O) groups excluding carboxylic acids is 1. The molecule has 0 aliphatic heterocycles. The molecule has 0 saturated carbocycles. The van der Waals surface area contributed by atoms with Crippen LogP contribution in [0.2, 0.25) is 0 Å². The zero-order valence-electron chi connectivity index (χ0n) is 12.3. The van der Waals surface area contributed by atoms with E-state index in [4.69, 9.17) is 5.73 Å². The van der Waals surface area contributed by atoms with E-state index in [2.05, 4.69) is 24.4 Å². The highest BCUT2D eigenvalue weighted by Crippen LogP contribution is 2.13. The van der Waals surface area contributed by atoms with E-state index in [0.29, 0.717) is 13.0 Å². The lowest BCUT2D eigenvalue weighted by Gasteiger charge is -2.16. The van der Waals surface area contributed by atoms with Crippen molar-refractivity contribution in [3.05, 3.63) is 71.8 Å². The summed E-state index contributed by atoms with van der Waals surface area (Å²) in [5, 5.41) is 2.94. The molecular weight excluding hydrogens is 260 g/mol. The standard InChI is InChI=1S/C18H22N2O/c1-14(16-10-6-3-7-11-16)13-20-18(21)17(19)12-15-8-4-2-5-9-15/h2-11,14,17H,12-13,19H2,1H3,(H,20,21)/t14?,17-/m1/s1. The Labute approximate surface area is 126 Å². The molecule has 3 heteroatoms. The second kappa shape index (κ2) is 7.60. The average molecular weight is 282 g/mol. The van der Waals surface area contributed by atoms with Crippen molar-refractivity contribution in [1.29, 1.82) is 0 Å². The molecule has 0 bridgehead atoms. The molecule has 0 spiro atoms. The third-order valence-corrected chi connectivity index (χ3v) is 3.59. The molecule has 1 unspecified atom stereocenters. The zero-order valence-corrected chi connectivity index (χ0v) is 12.3. The van der Waals surface area contributed by atoms with Crippen LogP contribution in [0.25, 0.3) is 0 Å². The highest BCUT2D eigenvalue weighted by molar-refractivity contribution is 5.81. The Balaban J connectivity index is 1.81. The zero-order chi connectivity index (χ0) is 15.1. The summed E-state index contributed by atoms with van der Waals surface area (Å²) in [6, 6.07) is 19.5. The number of hydrogen-bond donors (Lipinski definition) is 2. The summed E-state index contributed by atoms with van der Waals surface area (Å²) in [6.45, 7) is 2.70. The maximum Gasteiger partial charge on any atom is 0.237 e. The van der Waals surface area contributed by atoms with Gasteiger partial charge in [-0.25, -0.2) is 0 Å². The van der Waals surface area contributed by atoms with Gasteiger partial charge in [-0.2, -0.15) is 0 Å². The minimum Gasteiger partial charge on any atom is -0.354 e. The first kappa shape index (κ1) is 15.3. The van der Waals surface area contributed by atoms with E-state index in [1.165, 1.54) is 5.56 Å². The van der Waals surface area contributed by atoms with Crippen molar-refractivity contribution in [1.82, 2.24) is 5.32 Å². The van der Waals surface area contributed by atoms with Crippen LogP contribution in [0.4, 0.5) is 0 Å². The fourth-order valence-electron chi connectivity index (χ4n) is 2.24. The fourth-order valence-corrected chi connectivity index (χ4v) is 2.24. The second-order valence-electron chi connectivity index (χ2n) is 5.35. The van der Waals surface area contributed by atoms with E-state index >= 15 is 0 Å². The summed E-state index contributed by atoms with van der Waals surface area (Å²) in [4.78, 5) is 12.0. The summed E-state index contributed by atoms with van der Waals surface area (Å²) < 4.78 is 0. The van der Waals surface area contributed by atoms with Gasteiger partial charge in [0.2, 0.25) is 5.91 Å². The predicted octanol–water partition coefficient (Wildman–Crippen LogP) is 2.48. The molecule has 0 radical (unpaired) electrons. The maximum absolute atomic E-state index is 12.0. The van der Waals surface area contributed by atoms with Gasteiger partial charge in [0, 0.05) is 6.54 Å². The Kier molecular flexibility index (Phi) is 5.52. The third-order valence-electron chi connectivity index (χ3n) is 3.59. The summed E-state index contributed by atoms with van der Waals surface area (Å²) in [7, 11) is 0. The normalized spacial score (nSPS) is 13.4. The average Bonchev–Trinajstić information content (AvgIpc) is 2.54. The minimum atomic E-state index is -0.504. The molecule has 3 nitrogen and oxygen atoms in total. The van der Waals surface area contributed by atoms with E-state index in [9.17, 15) is 4.79 Å². The molecule has 21 heavy (non-hydrogen) atoms.